The molecule has 1 aromatic rings. The SMILES string of the molecule is Cc1ccccc1S(=O)(=O)N[NH]. The fourth-order valence-corrected chi connectivity index (χ4v) is 1.77. The van der Waals surface area contributed by atoms with Crippen molar-refractivity contribution in [3.63, 3.8) is 0 Å². The van der Waals surface area contributed by atoms with Crippen molar-refractivity contribution in [3.8, 4) is 0 Å². The molecule has 1 rings (SSSR count). The zero-order chi connectivity index (χ0) is 9.19. The summed E-state index contributed by atoms with van der Waals surface area (Å²) in [6, 6.07) is 6.52. The Morgan fingerprint density at radius 1 is 1.33 bits per heavy atom. The first-order valence-electron chi connectivity index (χ1n) is 3.32. The van der Waals surface area contributed by atoms with Crippen LogP contribution in [0.3, 0.4) is 0 Å². The molecule has 12 heavy (non-hydrogen) atoms. The van der Waals surface area contributed by atoms with Gasteiger partial charge in [-0.2, -0.15) is 5.84 Å². The maximum absolute atomic E-state index is 11.1. The van der Waals surface area contributed by atoms with E-state index in [0.717, 1.165) is 0 Å². The first-order chi connectivity index (χ1) is 5.58. The van der Waals surface area contributed by atoms with E-state index in [1.807, 2.05) is 0 Å². The Morgan fingerprint density at radius 3 is 2.42 bits per heavy atom. The lowest BCUT2D eigenvalue weighted by Gasteiger charge is -2.03. The Kier molecular flexibility index (Phi) is 2.46. The highest BCUT2D eigenvalue weighted by Gasteiger charge is 2.13. The summed E-state index contributed by atoms with van der Waals surface area (Å²) >= 11 is 0. The van der Waals surface area contributed by atoms with Crippen LogP contribution in [0.5, 0.6) is 0 Å². The summed E-state index contributed by atoms with van der Waals surface area (Å²) in [4.78, 5) is 1.67. The Bertz CT molecular complexity index is 373. The molecule has 0 fully saturated rings. The lowest BCUT2D eigenvalue weighted by atomic mass is 10.2. The van der Waals surface area contributed by atoms with Crippen molar-refractivity contribution in [2.24, 2.45) is 0 Å². The van der Waals surface area contributed by atoms with Crippen molar-refractivity contribution in [2.45, 2.75) is 11.8 Å². The molecule has 0 unspecified atom stereocenters. The lowest BCUT2D eigenvalue weighted by Crippen LogP contribution is -2.22. The Balaban J connectivity index is 3.30. The number of hydrogen-bond donors (Lipinski definition) is 1. The molecule has 0 aliphatic heterocycles. The molecule has 0 saturated heterocycles. The molecule has 1 radical (unpaired) electrons. The molecule has 5 heteroatoms. The molecule has 2 N–H and O–H groups in total. The van der Waals surface area contributed by atoms with Crippen molar-refractivity contribution >= 4 is 10.0 Å². The largest absolute Gasteiger partial charge is 0.254 e. The van der Waals surface area contributed by atoms with Gasteiger partial charge in [-0.3, -0.25) is 0 Å². The summed E-state index contributed by atoms with van der Waals surface area (Å²) in [6.07, 6.45) is 0. The fraction of sp³-hybridized carbons (Fsp3) is 0.143. The maximum atomic E-state index is 11.1. The van der Waals surface area contributed by atoms with E-state index in [-0.39, 0.29) is 4.90 Å². The van der Waals surface area contributed by atoms with E-state index >= 15 is 0 Å². The van der Waals surface area contributed by atoms with Crippen LogP contribution in [0.25, 0.3) is 0 Å². The smallest absolute Gasteiger partial charge is 0.206 e. The van der Waals surface area contributed by atoms with Gasteiger partial charge < -0.3 is 0 Å². The summed E-state index contributed by atoms with van der Waals surface area (Å²) in [5.74, 6) is 6.60. The van der Waals surface area contributed by atoms with Crippen molar-refractivity contribution in [3.05, 3.63) is 29.8 Å². The van der Waals surface area contributed by atoms with Gasteiger partial charge in [0.1, 0.15) is 0 Å². The molecule has 0 amide bonds. The van der Waals surface area contributed by atoms with E-state index in [2.05, 4.69) is 0 Å². The third-order valence-electron chi connectivity index (χ3n) is 1.52. The number of benzene rings is 1. The first kappa shape index (κ1) is 9.18. The van der Waals surface area contributed by atoms with E-state index in [4.69, 9.17) is 5.84 Å². The predicted octanol–water partition coefficient (Wildman–Crippen LogP) is 0.471. The average molecular weight is 185 g/mol. The maximum Gasteiger partial charge on any atom is 0.254 e. The Labute approximate surface area is 71.4 Å². The molecular weight excluding hydrogens is 176 g/mol. The van der Waals surface area contributed by atoms with Crippen LogP contribution in [-0.2, 0) is 10.0 Å². The minimum Gasteiger partial charge on any atom is -0.206 e. The van der Waals surface area contributed by atoms with Gasteiger partial charge in [-0.05, 0) is 18.6 Å². The van der Waals surface area contributed by atoms with Crippen LogP contribution in [0.4, 0.5) is 0 Å². The van der Waals surface area contributed by atoms with Crippen molar-refractivity contribution in [1.29, 1.82) is 0 Å². The zero-order valence-electron chi connectivity index (χ0n) is 6.53. The standard InChI is InChI=1S/C7H9N2O2S/c1-6-4-2-3-5-7(6)12(10,11)9-8/h2-5,8-9H,1H3. The third kappa shape index (κ3) is 1.63. The minimum absolute atomic E-state index is 0.153. The van der Waals surface area contributed by atoms with Gasteiger partial charge in [-0.25, -0.2) is 8.42 Å². The summed E-state index contributed by atoms with van der Waals surface area (Å²) in [5.41, 5.74) is 0.636. The van der Waals surface area contributed by atoms with Gasteiger partial charge in [0.2, 0.25) is 0 Å². The molecule has 0 atom stereocenters. The fourth-order valence-electron chi connectivity index (χ4n) is 0.913. The van der Waals surface area contributed by atoms with Gasteiger partial charge in [0, 0.05) is 0 Å². The molecule has 0 aliphatic carbocycles. The van der Waals surface area contributed by atoms with Gasteiger partial charge in [-0.1, -0.05) is 18.2 Å². The predicted molar refractivity (Wildman–Crippen MR) is 44.6 cm³/mol. The van der Waals surface area contributed by atoms with E-state index in [0.29, 0.717) is 5.56 Å². The second-order valence-corrected chi connectivity index (χ2v) is 4.02. The second-order valence-electron chi connectivity index (χ2n) is 2.37. The zero-order valence-corrected chi connectivity index (χ0v) is 7.35. The molecule has 0 saturated carbocycles. The van der Waals surface area contributed by atoms with Crippen LogP contribution in [0, 0.1) is 6.92 Å². The highest BCUT2D eigenvalue weighted by molar-refractivity contribution is 7.89. The number of rotatable bonds is 2. The van der Waals surface area contributed by atoms with E-state index < -0.39 is 10.0 Å². The Morgan fingerprint density at radius 2 is 1.92 bits per heavy atom. The molecule has 0 heterocycles. The Hall–Kier alpha value is -0.910. The van der Waals surface area contributed by atoms with Crippen molar-refractivity contribution < 1.29 is 8.42 Å². The normalized spacial score (nSPS) is 11.5. The highest BCUT2D eigenvalue weighted by atomic mass is 32.2. The second kappa shape index (κ2) is 3.22. The number of hydrogen-bond acceptors (Lipinski definition) is 2. The average Bonchev–Trinajstić information content (AvgIpc) is 2.05. The number of nitrogens with one attached hydrogen (secondary N) is 2. The summed E-state index contributed by atoms with van der Waals surface area (Å²) in [5, 5.41) is 0. The summed E-state index contributed by atoms with van der Waals surface area (Å²) < 4.78 is 22.2. The van der Waals surface area contributed by atoms with Crippen LogP contribution >= 0.6 is 0 Å². The quantitative estimate of drug-likeness (QED) is 0.680. The van der Waals surface area contributed by atoms with Crippen LogP contribution in [0.2, 0.25) is 0 Å². The molecule has 1 aromatic carbocycles. The van der Waals surface area contributed by atoms with Crippen LogP contribution in [-0.4, -0.2) is 8.42 Å². The van der Waals surface area contributed by atoms with Crippen LogP contribution in [0.15, 0.2) is 29.2 Å². The molecule has 4 nitrogen and oxygen atoms in total. The van der Waals surface area contributed by atoms with E-state index in [1.165, 1.54) is 10.9 Å². The molecule has 65 valence electrons. The molecule has 0 aliphatic rings. The van der Waals surface area contributed by atoms with Crippen LogP contribution in [0.1, 0.15) is 5.56 Å². The minimum atomic E-state index is -3.61. The third-order valence-corrected chi connectivity index (χ3v) is 2.82. The van der Waals surface area contributed by atoms with Crippen molar-refractivity contribution in [2.75, 3.05) is 0 Å². The van der Waals surface area contributed by atoms with Crippen LogP contribution < -0.4 is 10.7 Å². The summed E-state index contributed by atoms with van der Waals surface area (Å²) in [7, 11) is -3.61. The van der Waals surface area contributed by atoms with Gasteiger partial charge in [0.25, 0.3) is 10.0 Å². The van der Waals surface area contributed by atoms with E-state index in [9.17, 15) is 8.42 Å². The van der Waals surface area contributed by atoms with Gasteiger partial charge in [0.15, 0.2) is 0 Å². The highest BCUT2D eigenvalue weighted by Crippen LogP contribution is 2.12. The monoisotopic (exact) mass is 185 g/mol. The van der Waals surface area contributed by atoms with Crippen molar-refractivity contribution in [1.82, 2.24) is 10.7 Å². The topological polar surface area (TPSA) is 70.0 Å². The first-order valence-corrected chi connectivity index (χ1v) is 4.80. The van der Waals surface area contributed by atoms with E-state index in [1.54, 1.807) is 25.1 Å². The molecule has 0 bridgehead atoms. The summed E-state index contributed by atoms with van der Waals surface area (Å²) in [6.45, 7) is 1.68. The van der Waals surface area contributed by atoms with Gasteiger partial charge in [-0.15, -0.1) is 4.83 Å². The number of sulfonamides is 1. The molecule has 0 aromatic heterocycles. The molecule has 0 spiro atoms. The molecular formula is C7H9N2O2S. The van der Waals surface area contributed by atoms with Gasteiger partial charge in [0.05, 0.1) is 4.90 Å². The lowest BCUT2D eigenvalue weighted by molar-refractivity contribution is 0.581. The number of aryl methyl sites for hydroxylation is 1. The van der Waals surface area contributed by atoms with Gasteiger partial charge >= 0.3 is 0 Å².